The van der Waals surface area contributed by atoms with Crippen LogP contribution in [0.3, 0.4) is 0 Å². The largest absolute Gasteiger partial charge is 0.492 e. The lowest BCUT2D eigenvalue weighted by molar-refractivity contribution is 0.0600. The van der Waals surface area contributed by atoms with Crippen molar-refractivity contribution in [2.24, 2.45) is 5.92 Å². The number of esters is 1. The van der Waals surface area contributed by atoms with Gasteiger partial charge in [-0.3, -0.25) is 0 Å². The number of carbonyl (C=O) groups excluding carboxylic acids is 1. The second-order valence-corrected chi connectivity index (χ2v) is 5.42. The summed E-state index contributed by atoms with van der Waals surface area (Å²) in [4.78, 5) is 15.9. The molecule has 3 rings (SSSR count). The molecule has 1 heterocycles. The molecule has 1 aliphatic rings. The molecule has 0 amide bonds. The first-order chi connectivity index (χ1) is 11.3. The molecule has 2 aromatic rings. The number of hydrogen-bond acceptors (Lipinski definition) is 4. The minimum absolute atomic E-state index is 0.389. The molecular weight excluding hydrogens is 290 g/mol. The number of carbonyl (C=O) groups is 1. The van der Waals surface area contributed by atoms with Crippen LogP contribution in [-0.4, -0.2) is 24.7 Å². The molecule has 116 valence electrons. The lowest BCUT2D eigenvalue weighted by atomic mass is 10.1. The zero-order chi connectivity index (χ0) is 16.1. The van der Waals surface area contributed by atoms with Gasteiger partial charge in [0.1, 0.15) is 11.4 Å². The fourth-order valence-corrected chi connectivity index (χ4v) is 2.06. The van der Waals surface area contributed by atoms with Gasteiger partial charge in [0, 0.05) is 6.20 Å². The summed E-state index contributed by atoms with van der Waals surface area (Å²) >= 11 is 0. The first kappa shape index (κ1) is 15.1. The molecule has 0 saturated heterocycles. The molecule has 0 bridgehead atoms. The first-order valence-corrected chi connectivity index (χ1v) is 7.54. The summed E-state index contributed by atoms with van der Waals surface area (Å²) in [5, 5.41) is 0. The maximum absolute atomic E-state index is 11.7. The predicted molar refractivity (Wildman–Crippen MR) is 86.2 cm³/mol. The number of hydrogen-bond donors (Lipinski definition) is 0. The standard InChI is InChI=1S/C19H17NO3/c1-22-19(21)16-8-10-18(23-13-14-5-6-14)15(12-16)7-9-17-4-2-3-11-20-17/h2-4,8,10-12,14H,5-6,13H2,1H3. The molecule has 0 aliphatic heterocycles. The van der Waals surface area contributed by atoms with E-state index in [1.165, 1.54) is 20.0 Å². The Bertz CT molecular complexity index is 755. The van der Waals surface area contributed by atoms with Crippen LogP contribution in [0.1, 0.15) is 34.5 Å². The monoisotopic (exact) mass is 307 g/mol. The van der Waals surface area contributed by atoms with E-state index in [1.54, 1.807) is 24.4 Å². The van der Waals surface area contributed by atoms with Gasteiger partial charge in [-0.1, -0.05) is 12.0 Å². The van der Waals surface area contributed by atoms with Gasteiger partial charge in [-0.15, -0.1) is 0 Å². The van der Waals surface area contributed by atoms with Crippen molar-refractivity contribution in [1.82, 2.24) is 4.98 Å². The van der Waals surface area contributed by atoms with Crippen LogP contribution in [0.2, 0.25) is 0 Å². The third kappa shape index (κ3) is 4.10. The maximum Gasteiger partial charge on any atom is 0.337 e. The topological polar surface area (TPSA) is 48.4 Å². The second-order valence-electron chi connectivity index (χ2n) is 5.42. The van der Waals surface area contributed by atoms with E-state index in [0.29, 0.717) is 35.1 Å². The molecule has 0 radical (unpaired) electrons. The van der Waals surface area contributed by atoms with Gasteiger partial charge in [0.15, 0.2) is 0 Å². The van der Waals surface area contributed by atoms with Gasteiger partial charge >= 0.3 is 5.97 Å². The van der Waals surface area contributed by atoms with Gasteiger partial charge < -0.3 is 9.47 Å². The van der Waals surface area contributed by atoms with Gasteiger partial charge in [-0.2, -0.15) is 0 Å². The fraction of sp³-hybridized carbons (Fsp3) is 0.263. The summed E-state index contributed by atoms with van der Waals surface area (Å²) in [6, 6.07) is 10.7. The highest BCUT2D eigenvalue weighted by atomic mass is 16.5. The SMILES string of the molecule is COC(=O)c1ccc(OCC2CC2)c(C#Cc2ccccn2)c1. The fourth-order valence-electron chi connectivity index (χ4n) is 2.06. The van der Waals surface area contributed by atoms with Crippen LogP contribution in [0, 0.1) is 17.8 Å². The van der Waals surface area contributed by atoms with Crippen LogP contribution in [0.5, 0.6) is 5.75 Å². The molecule has 1 aromatic heterocycles. The lowest BCUT2D eigenvalue weighted by Gasteiger charge is -2.09. The van der Waals surface area contributed by atoms with Gasteiger partial charge in [-0.25, -0.2) is 9.78 Å². The van der Waals surface area contributed by atoms with Crippen LogP contribution < -0.4 is 4.74 Å². The molecule has 23 heavy (non-hydrogen) atoms. The molecule has 1 fully saturated rings. The van der Waals surface area contributed by atoms with Crippen LogP contribution >= 0.6 is 0 Å². The van der Waals surface area contributed by atoms with E-state index in [-0.39, 0.29) is 5.97 Å². The number of methoxy groups -OCH3 is 1. The molecule has 0 unspecified atom stereocenters. The summed E-state index contributed by atoms with van der Waals surface area (Å²) in [7, 11) is 1.36. The van der Waals surface area contributed by atoms with Crippen LogP contribution in [-0.2, 0) is 4.74 Å². The van der Waals surface area contributed by atoms with E-state index >= 15 is 0 Å². The number of rotatable bonds is 4. The maximum atomic E-state index is 11.7. The van der Waals surface area contributed by atoms with E-state index < -0.39 is 0 Å². The highest BCUT2D eigenvalue weighted by Gasteiger charge is 2.22. The molecule has 4 heteroatoms. The zero-order valence-corrected chi connectivity index (χ0v) is 12.9. The Morgan fingerprint density at radius 2 is 2.13 bits per heavy atom. The summed E-state index contributed by atoms with van der Waals surface area (Å²) < 4.78 is 10.6. The quantitative estimate of drug-likeness (QED) is 0.643. The van der Waals surface area contributed by atoms with Gasteiger partial charge in [0.05, 0.1) is 24.8 Å². The van der Waals surface area contributed by atoms with Gasteiger partial charge in [0.25, 0.3) is 0 Å². The van der Waals surface area contributed by atoms with Crippen molar-refractivity contribution in [3.8, 4) is 17.6 Å². The Balaban J connectivity index is 1.89. The van der Waals surface area contributed by atoms with Crippen molar-refractivity contribution in [3.63, 3.8) is 0 Å². The average molecular weight is 307 g/mol. The Labute approximate surface area is 135 Å². The van der Waals surface area contributed by atoms with Crippen molar-refractivity contribution >= 4 is 5.97 Å². The molecule has 0 atom stereocenters. The van der Waals surface area contributed by atoms with Gasteiger partial charge in [0.2, 0.25) is 0 Å². The highest BCUT2D eigenvalue weighted by Crippen LogP contribution is 2.30. The van der Waals surface area contributed by atoms with Crippen molar-refractivity contribution in [2.45, 2.75) is 12.8 Å². The summed E-state index contributed by atoms with van der Waals surface area (Å²) in [5.41, 5.74) is 1.79. The smallest absolute Gasteiger partial charge is 0.337 e. The van der Waals surface area contributed by atoms with E-state index in [9.17, 15) is 4.79 Å². The molecule has 1 aliphatic carbocycles. The minimum Gasteiger partial charge on any atom is -0.492 e. The van der Waals surface area contributed by atoms with Gasteiger partial charge in [-0.05, 0) is 55.0 Å². The number of ether oxygens (including phenoxy) is 2. The third-order valence-electron chi connectivity index (χ3n) is 3.56. The average Bonchev–Trinajstić information content (AvgIpc) is 3.43. The highest BCUT2D eigenvalue weighted by molar-refractivity contribution is 5.90. The Morgan fingerprint density at radius 1 is 1.26 bits per heavy atom. The summed E-state index contributed by atoms with van der Waals surface area (Å²) in [6.45, 7) is 0.690. The van der Waals surface area contributed by atoms with Crippen molar-refractivity contribution in [2.75, 3.05) is 13.7 Å². The number of benzene rings is 1. The normalized spacial score (nSPS) is 12.9. The lowest BCUT2D eigenvalue weighted by Crippen LogP contribution is -2.04. The van der Waals surface area contributed by atoms with Crippen LogP contribution in [0.4, 0.5) is 0 Å². The van der Waals surface area contributed by atoms with Crippen molar-refractivity contribution in [1.29, 1.82) is 0 Å². The predicted octanol–water partition coefficient (Wildman–Crippen LogP) is 3.06. The minimum atomic E-state index is -0.389. The summed E-state index contributed by atoms with van der Waals surface area (Å²) in [6.07, 6.45) is 4.13. The molecule has 4 nitrogen and oxygen atoms in total. The van der Waals surface area contributed by atoms with Crippen molar-refractivity contribution in [3.05, 3.63) is 59.4 Å². The van der Waals surface area contributed by atoms with Crippen LogP contribution in [0.15, 0.2) is 42.6 Å². The molecular formula is C19H17NO3. The van der Waals surface area contributed by atoms with E-state index in [4.69, 9.17) is 9.47 Å². The third-order valence-corrected chi connectivity index (χ3v) is 3.56. The number of aromatic nitrogens is 1. The first-order valence-electron chi connectivity index (χ1n) is 7.54. The zero-order valence-electron chi connectivity index (χ0n) is 12.9. The van der Waals surface area contributed by atoms with Crippen LogP contribution in [0.25, 0.3) is 0 Å². The Kier molecular flexibility index (Phi) is 4.58. The summed E-state index contributed by atoms with van der Waals surface area (Å²) in [5.74, 6) is 6.99. The van der Waals surface area contributed by atoms with E-state index in [2.05, 4.69) is 16.8 Å². The number of nitrogens with zero attached hydrogens (tertiary/aromatic N) is 1. The van der Waals surface area contributed by atoms with E-state index in [0.717, 1.165) is 0 Å². The molecule has 0 spiro atoms. The van der Waals surface area contributed by atoms with Crippen molar-refractivity contribution < 1.29 is 14.3 Å². The second kappa shape index (κ2) is 6.97. The Morgan fingerprint density at radius 3 is 2.83 bits per heavy atom. The van der Waals surface area contributed by atoms with E-state index in [1.807, 2.05) is 18.2 Å². The molecule has 1 aromatic carbocycles. The number of pyridine rings is 1. The molecule has 1 saturated carbocycles. The molecule has 0 N–H and O–H groups in total. The Hall–Kier alpha value is -2.80.